The third kappa shape index (κ3) is 3.01. The number of benzene rings is 2. The maximum atomic E-state index is 12.9. The molecule has 2 aromatic carbocycles. The summed E-state index contributed by atoms with van der Waals surface area (Å²) in [5.74, 6) is 1.41. The molecule has 0 saturated heterocycles. The Hall–Kier alpha value is -3.09. The van der Waals surface area contributed by atoms with Crippen molar-refractivity contribution in [3.63, 3.8) is 0 Å². The lowest BCUT2D eigenvalue weighted by Crippen LogP contribution is -2.21. The van der Waals surface area contributed by atoms with Gasteiger partial charge in [-0.1, -0.05) is 29.4 Å². The molecule has 1 aliphatic heterocycles. The zero-order chi connectivity index (χ0) is 16.4. The van der Waals surface area contributed by atoms with Crippen molar-refractivity contribution < 1.29 is 18.3 Å². The molecular formula is C17H14FN3O3. The molecule has 122 valence electrons. The lowest BCUT2D eigenvalue weighted by atomic mass is 10.2. The number of para-hydroxylation sites is 2. The number of aromatic nitrogens is 2. The molecule has 3 aromatic rings. The minimum atomic E-state index is -0.450. The fourth-order valence-corrected chi connectivity index (χ4v) is 2.36. The van der Waals surface area contributed by atoms with Gasteiger partial charge in [0.25, 0.3) is 5.89 Å². The average Bonchev–Trinajstić information content (AvgIpc) is 3.10. The van der Waals surface area contributed by atoms with Crippen LogP contribution in [0.3, 0.4) is 0 Å². The van der Waals surface area contributed by atoms with Crippen LogP contribution in [0.1, 0.15) is 17.6 Å². The van der Waals surface area contributed by atoms with Gasteiger partial charge < -0.3 is 19.2 Å². The highest BCUT2D eigenvalue weighted by Gasteiger charge is 2.27. The Labute approximate surface area is 137 Å². The molecule has 24 heavy (non-hydrogen) atoms. The summed E-state index contributed by atoms with van der Waals surface area (Å²) in [6.45, 7) is 0.753. The Morgan fingerprint density at radius 3 is 2.67 bits per heavy atom. The van der Waals surface area contributed by atoms with E-state index in [1.54, 1.807) is 12.1 Å². The quantitative estimate of drug-likeness (QED) is 0.792. The van der Waals surface area contributed by atoms with Crippen molar-refractivity contribution in [2.45, 2.75) is 12.6 Å². The Morgan fingerprint density at radius 2 is 1.83 bits per heavy atom. The van der Waals surface area contributed by atoms with Crippen LogP contribution in [0.15, 0.2) is 52.9 Å². The Balaban J connectivity index is 1.41. The average molecular weight is 327 g/mol. The number of nitrogens with zero attached hydrogens (tertiary/aromatic N) is 2. The second-order valence-electron chi connectivity index (χ2n) is 5.29. The van der Waals surface area contributed by atoms with Gasteiger partial charge in [0.05, 0.1) is 0 Å². The molecule has 0 spiro atoms. The minimum Gasteiger partial charge on any atom is -0.485 e. The van der Waals surface area contributed by atoms with Gasteiger partial charge in [0.15, 0.2) is 11.5 Å². The fraction of sp³-hybridized carbons (Fsp3) is 0.176. The number of hydrogen-bond acceptors (Lipinski definition) is 6. The van der Waals surface area contributed by atoms with E-state index >= 15 is 0 Å². The van der Waals surface area contributed by atoms with Crippen molar-refractivity contribution in [2.75, 3.05) is 11.9 Å². The number of fused-ring (bicyclic) bond motifs is 1. The van der Waals surface area contributed by atoms with Gasteiger partial charge in [-0.15, -0.1) is 5.10 Å². The monoisotopic (exact) mass is 327 g/mol. The highest BCUT2D eigenvalue weighted by molar-refractivity contribution is 5.41. The molecule has 0 saturated carbocycles. The molecule has 1 atom stereocenters. The summed E-state index contributed by atoms with van der Waals surface area (Å²) in [7, 11) is 0. The number of anilines is 1. The zero-order valence-corrected chi connectivity index (χ0v) is 12.6. The van der Waals surface area contributed by atoms with Crippen LogP contribution >= 0.6 is 0 Å². The molecule has 1 aliphatic rings. The first-order chi connectivity index (χ1) is 11.8. The first-order valence-corrected chi connectivity index (χ1v) is 7.48. The molecule has 0 unspecified atom stereocenters. The standard InChI is InChI=1S/C17H14FN3O3/c18-12-7-5-11(6-8-12)9-19-17-21-20-16(24-17)15-10-22-13-3-1-2-4-14(13)23-15/h1-8,15H,9-10H2,(H,19,21)/t15-/m1/s1. The van der Waals surface area contributed by atoms with E-state index < -0.39 is 6.10 Å². The molecule has 2 heterocycles. The van der Waals surface area contributed by atoms with Crippen molar-refractivity contribution in [1.29, 1.82) is 0 Å². The van der Waals surface area contributed by atoms with Crippen molar-refractivity contribution >= 4 is 6.01 Å². The lowest BCUT2D eigenvalue weighted by Gasteiger charge is -2.23. The van der Waals surface area contributed by atoms with Gasteiger partial charge in [0.1, 0.15) is 12.4 Å². The molecule has 0 amide bonds. The van der Waals surface area contributed by atoms with Crippen LogP contribution in [0.2, 0.25) is 0 Å². The van der Waals surface area contributed by atoms with E-state index in [0.717, 1.165) is 5.56 Å². The highest BCUT2D eigenvalue weighted by Crippen LogP contribution is 2.35. The number of nitrogens with one attached hydrogen (secondary N) is 1. The van der Waals surface area contributed by atoms with Crippen molar-refractivity contribution in [3.05, 3.63) is 65.8 Å². The second kappa shape index (κ2) is 6.19. The van der Waals surface area contributed by atoms with Crippen LogP contribution in [0.5, 0.6) is 11.5 Å². The van der Waals surface area contributed by atoms with E-state index in [0.29, 0.717) is 30.5 Å². The van der Waals surface area contributed by atoms with Crippen LogP contribution in [0.25, 0.3) is 0 Å². The topological polar surface area (TPSA) is 69.4 Å². The van der Waals surface area contributed by atoms with Crippen LogP contribution in [0.4, 0.5) is 10.4 Å². The van der Waals surface area contributed by atoms with E-state index in [4.69, 9.17) is 13.9 Å². The molecule has 1 aromatic heterocycles. The first kappa shape index (κ1) is 14.5. The predicted octanol–water partition coefficient (Wildman–Crippen LogP) is 3.33. The van der Waals surface area contributed by atoms with E-state index in [1.807, 2.05) is 24.3 Å². The van der Waals surface area contributed by atoms with Gasteiger partial charge >= 0.3 is 6.01 Å². The molecule has 0 fully saturated rings. The van der Waals surface area contributed by atoms with Gasteiger partial charge in [-0.05, 0) is 29.8 Å². The summed E-state index contributed by atoms with van der Waals surface area (Å²) in [5, 5.41) is 10.9. The second-order valence-corrected chi connectivity index (χ2v) is 5.29. The van der Waals surface area contributed by atoms with Gasteiger partial charge in [-0.3, -0.25) is 0 Å². The van der Waals surface area contributed by atoms with E-state index in [9.17, 15) is 4.39 Å². The SMILES string of the molecule is Fc1ccc(CNc2nnc([C@H]3COc4ccccc4O3)o2)cc1. The summed E-state index contributed by atoms with van der Waals surface area (Å²) >= 11 is 0. The van der Waals surface area contributed by atoms with Gasteiger partial charge in [-0.25, -0.2) is 4.39 Å². The molecule has 4 rings (SSSR count). The minimum absolute atomic E-state index is 0.270. The van der Waals surface area contributed by atoms with Gasteiger partial charge in [0.2, 0.25) is 6.10 Å². The van der Waals surface area contributed by atoms with Crippen molar-refractivity contribution in [2.24, 2.45) is 0 Å². The molecule has 0 bridgehead atoms. The van der Waals surface area contributed by atoms with E-state index in [1.165, 1.54) is 12.1 Å². The Kier molecular flexibility index (Phi) is 3.74. The molecule has 7 heteroatoms. The predicted molar refractivity (Wildman–Crippen MR) is 83.3 cm³/mol. The molecule has 6 nitrogen and oxygen atoms in total. The fourth-order valence-electron chi connectivity index (χ4n) is 2.36. The van der Waals surface area contributed by atoms with Crippen LogP contribution in [-0.2, 0) is 6.54 Å². The maximum absolute atomic E-state index is 12.9. The summed E-state index contributed by atoms with van der Waals surface area (Å²) in [6, 6.07) is 13.9. The third-order valence-corrected chi connectivity index (χ3v) is 3.58. The molecule has 1 N–H and O–H groups in total. The lowest BCUT2D eigenvalue weighted by molar-refractivity contribution is 0.0717. The van der Waals surface area contributed by atoms with Crippen molar-refractivity contribution in [1.82, 2.24) is 10.2 Å². The number of rotatable bonds is 4. The molecule has 0 radical (unpaired) electrons. The Morgan fingerprint density at radius 1 is 1.04 bits per heavy atom. The summed E-state index contributed by atoms with van der Waals surface area (Å²) < 4.78 is 29.9. The normalized spacial score (nSPS) is 16.0. The zero-order valence-electron chi connectivity index (χ0n) is 12.6. The van der Waals surface area contributed by atoms with E-state index in [2.05, 4.69) is 15.5 Å². The van der Waals surface area contributed by atoms with Crippen LogP contribution in [0, 0.1) is 5.82 Å². The number of hydrogen-bond donors (Lipinski definition) is 1. The largest absolute Gasteiger partial charge is 0.485 e. The number of halogens is 1. The Bertz CT molecular complexity index is 835. The summed E-state index contributed by atoms with van der Waals surface area (Å²) in [5.41, 5.74) is 0.905. The highest BCUT2D eigenvalue weighted by atomic mass is 19.1. The van der Waals surface area contributed by atoms with Crippen molar-refractivity contribution in [3.8, 4) is 11.5 Å². The molecule has 0 aliphatic carbocycles. The van der Waals surface area contributed by atoms with Crippen LogP contribution < -0.4 is 14.8 Å². The first-order valence-electron chi connectivity index (χ1n) is 7.48. The molecular weight excluding hydrogens is 313 g/mol. The van der Waals surface area contributed by atoms with E-state index in [-0.39, 0.29) is 11.8 Å². The van der Waals surface area contributed by atoms with Gasteiger partial charge in [-0.2, -0.15) is 0 Å². The van der Waals surface area contributed by atoms with Crippen LogP contribution in [-0.4, -0.2) is 16.8 Å². The third-order valence-electron chi connectivity index (χ3n) is 3.58. The smallest absolute Gasteiger partial charge is 0.315 e. The maximum Gasteiger partial charge on any atom is 0.315 e. The number of ether oxygens (including phenoxy) is 2. The summed E-state index contributed by atoms with van der Waals surface area (Å²) in [6.07, 6.45) is -0.450. The summed E-state index contributed by atoms with van der Waals surface area (Å²) in [4.78, 5) is 0. The van der Waals surface area contributed by atoms with Gasteiger partial charge in [0, 0.05) is 6.54 Å².